The highest BCUT2D eigenvalue weighted by Crippen LogP contribution is 2.22. The molecule has 3 rings (SSSR count). The highest BCUT2D eigenvalue weighted by atomic mass is 16.5. The van der Waals surface area contributed by atoms with Crippen molar-refractivity contribution >= 4 is 11.6 Å². The number of aromatic nitrogens is 2. The van der Waals surface area contributed by atoms with Gasteiger partial charge < -0.3 is 15.0 Å². The Bertz CT molecular complexity index is 720. The number of aryl methyl sites for hydroxylation is 1. The molecule has 6 heteroatoms. The fourth-order valence-corrected chi connectivity index (χ4v) is 3.45. The summed E-state index contributed by atoms with van der Waals surface area (Å²) in [5, 5.41) is 3.04. The summed E-state index contributed by atoms with van der Waals surface area (Å²) in [4.78, 5) is 19.6. The first-order valence-corrected chi connectivity index (χ1v) is 9.31. The summed E-state index contributed by atoms with van der Waals surface area (Å²) in [6, 6.07) is 3.76. The van der Waals surface area contributed by atoms with E-state index < -0.39 is 0 Å². The molecular weight excluding hydrogens is 316 g/mol. The Morgan fingerprint density at radius 2 is 2.12 bits per heavy atom. The minimum Gasteiger partial charge on any atom is -0.490 e. The van der Waals surface area contributed by atoms with E-state index in [0.29, 0.717) is 30.2 Å². The maximum atomic E-state index is 12.6. The number of rotatable bonds is 8. The largest absolute Gasteiger partial charge is 0.490 e. The number of hydrogen-bond donors (Lipinski definition) is 1. The van der Waals surface area contributed by atoms with Gasteiger partial charge in [-0.2, -0.15) is 0 Å². The van der Waals surface area contributed by atoms with Crippen molar-refractivity contribution < 1.29 is 9.53 Å². The van der Waals surface area contributed by atoms with Gasteiger partial charge in [-0.25, -0.2) is 4.98 Å². The summed E-state index contributed by atoms with van der Waals surface area (Å²) in [7, 11) is 0. The van der Waals surface area contributed by atoms with Crippen molar-refractivity contribution in [3.8, 4) is 5.75 Å². The second-order valence-electron chi connectivity index (χ2n) is 6.56. The van der Waals surface area contributed by atoms with Crippen molar-refractivity contribution in [3.63, 3.8) is 0 Å². The number of hydrogen-bond acceptors (Lipinski definition) is 4. The van der Waals surface area contributed by atoms with Gasteiger partial charge in [0.15, 0.2) is 11.4 Å². The van der Waals surface area contributed by atoms with Crippen molar-refractivity contribution in [2.45, 2.75) is 39.5 Å². The molecule has 0 spiro atoms. The van der Waals surface area contributed by atoms with Gasteiger partial charge in [0, 0.05) is 12.7 Å². The highest BCUT2D eigenvalue weighted by Gasteiger charge is 2.18. The summed E-state index contributed by atoms with van der Waals surface area (Å²) in [6.45, 7) is 8.68. The van der Waals surface area contributed by atoms with Gasteiger partial charge in [0.2, 0.25) is 0 Å². The zero-order chi connectivity index (χ0) is 17.6. The first-order chi connectivity index (χ1) is 12.2. The van der Waals surface area contributed by atoms with Crippen LogP contribution < -0.4 is 10.1 Å². The van der Waals surface area contributed by atoms with Crippen LogP contribution in [0.2, 0.25) is 0 Å². The number of imidazole rings is 1. The highest BCUT2D eigenvalue weighted by molar-refractivity contribution is 5.94. The van der Waals surface area contributed by atoms with E-state index in [1.165, 1.54) is 25.9 Å². The van der Waals surface area contributed by atoms with Crippen molar-refractivity contribution in [1.82, 2.24) is 19.6 Å². The lowest BCUT2D eigenvalue weighted by Gasteiger charge is -2.14. The van der Waals surface area contributed by atoms with Gasteiger partial charge in [-0.3, -0.25) is 9.20 Å². The Hall–Kier alpha value is -2.08. The van der Waals surface area contributed by atoms with Gasteiger partial charge in [-0.05, 0) is 71.3 Å². The number of ether oxygens (including phenoxy) is 1. The molecule has 2 aromatic heterocycles. The van der Waals surface area contributed by atoms with E-state index in [1.807, 2.05) is 36.6 Å². The lowest BCUT2D eigenvalue weighted by atomic mass is 10.2. The Morgan fingerprint density at radius 3 is 2.88 bits per heavy atom. The first-order valence-electron chi connectivity index (χ1n) is 9.31. The average Bonchev–Trinajstić information content (AvgIpc) is 3.22. The number of amides is 1. The number of fused-ring (bicyclic) bond motifs is 1. The molecule has 1 N–H and O–H groups in total. The van der Waals surface area contributed by atoms with Crippen LogP contribution in [-0.2, 0) is 0 Å². The zero-order valence-corrected chi connectivity index (χ0v) is 15.3. The molecule has 0 bridgehead atoms. The lowest BCUT2D eigenvalue weighted by molar-refractivity contribution is 0.0946. The molecular formula is C19H28N4O2. The number of carbonyl (C=O) groups is 1. The number of likely N-dealkylation sites (tertiary alicyclic amines) is 1. The second-order valence-corrected chi connectivity index (χ2v) is 6.56. The van der Waals surface area contributed by atoms with Crippen LogP contribution in [0, 0.1) is 6.92 Å². The minimum atomic E-state index is -0.0696. The standard InChI is InChI=1S/C19H28N4O2/c1-3-25-16-9-8-14-23-17(15(2)21-18(16)23)19(24)20-10-4-5-11-22-12-6-7-13-22/h8-9,14H,3-7,10-13H2,1-2H3,(H,20,24). The molecule has 3 heterocycles. The van der Waals surface area contributed by atoms with E-state index in [-0.39, 0.29) is 5.91 Å². The van der Waals surface area contributed by atoms with Crippen LogP contribution in [0.3, 0.4) is 0 Å². The third-order valence-electron chi connectivity index (χ3n) is 4.69. The van der Waals surface area contributed by atoms with Gasteiger partial charge >= 0.3 is 0 Å². The van der Waals surface area contributed by atoms with E-state index in [0.717, 1.165) is 25.1 Å². The fraction of sp³-hybridized carbons (Fsp3) is 0.579. The Kier molecular flexibility index (Phi) is 5.91. The molecule has 1 saturated heterocycles. The van der Waals surface area contributed by atoms with Crippen molar-refractivity contribution in [2.24, 2.45) is 0 Å². The molecule has 0 saturated carbocycles. The van der Waals surface area contributed by atoms with E-state index in [9.17, 15) is 4.79 Å². The molecule has 1 fully saturated rings. The Morgan fingerprint density at radius 1 is 1.32 bits per heavy atom. The molecule has 1 aliphatic heterocycles. The van der Waals surface area contributed by atoms with Gasteiger partial charge in [-0.15, -0.1) is 0 Å². The molecule has 1 aliphatic rings. The smallest absolute Gasteiger partial charge is 0.270 e. The van der Waals surface area contributed by atoms with E-state index in [2.05, 4.69) is 15.2 Å². The minimum absolute atomic E-state index is 0.0696. The fourth-order valence-electron chi connectivity index (χ4n) is 3.45. The molecule has 136 valence electrons. The number of unbranched alkanes of at least 4 members (excludes halogenated alkanes) is 1. The second kappa shape index (κ2) is 8.34. The van der Waals surface area contributed by atoms with Crippen molar-refractivity contribution in [3.05, 3.63) is 29.7 Å². The summed E-state index contributed by atoms with van der Waals surface area (Å²) in [5.41, 5.74) is 2.01. The monoisotopic (exact) mass is 344 g/mol. The summed E-state index contributed by atoms with van der Waals surface area (Å²) >= 11 is 0. The lowest BCUT2D eigenvalue weighted by Crippen LogP contribution is -2.27. The average molecular weight is 344 g/mol. The first kappa shape index (κ1) is 17.7. The van der Waals surface area contributed by atoms with Gasteiger partial charge in [0.25, 0.3) is 5.91 Å². The quantitative estimate of drug-likeness (QED) is 0.748. The van der Waals surface area contributed by atoms with Gasteiger partial charge in [0.1, 0.15) is 5.69 Å². The molecule has 6 nitrogen and oxygen atoms in total. The number of nitrogens with zero attached hydrogens (tertiary/aromatic N) is 3. The third kappa shape index (κ3) is 4.12. The van der Waals surface area contributed by atoms with Crippen LogP contribution in [0.25, 0.3) is 5.65 Å². The van der Waals surface area contributed by atoms with E-state index in [1.54, 1.807) is 0 Å². The molecule has 25 heavy (non-hydrogen) atoms. The van der Waals surface area contributed by atoms with Crippen LogP contribution in [0.4, 0.5) is 0 Å². The van der Waals surface area contributed by atoms with E-state index >= 15 is 0 Å². The molecule has 0 atom stereocenters. The maximum Gasteiger partial charge on any atom is 0.270 e. The van der Waals surface area contributed by atoms with Gasteiger partial charge in [0.05, 0.1) is 12.3 Å². The van der Waals surface area contributed by atoms with Gasteiger partial charge in [-0.1, -0.05) is 0 Å². The molecule has 0 aliphatic carbocycles. The topological polar surface area (TPSA) is 58.9 Å². The normalized spacial score (nSPS) is 15.0. The summed E-state index contributed by atoms with van der Waals surface area (Å²) < 4.78 is 7.43. The molecule has 2 aromatic rings. The van der Waals surface area contributed by atoms with Crippen molar-refractivity contribution in [1.29, 1.82) is 0 Å². The molecule has 0 radical (unpaired) electrons. The SMILES string of the molecule is CCOc1cccn2c(C(=O)NCCCCN3CCCC3)c(C)nc12. The number of pyridine rings is 1. The zero-order valence-electron chi connectivity index (χ0n) is 15.3. The molecule has 0 aromatic carbocycles. The molecule has 1 amide bonds. The van der Waals surface area contributed by atoms with E-state index in [4.69, 9.17) is 4.74 Å². The maximum absolute atomic E-state index is 12.6. The Balaban J connectivity index is 1.58. The predicted octanol–water partition coefficient (Wildman–Crippen LogP) is 2.65. The van der Waals surface area contributed by atoms with Crippen LogP contribution in [0.1, 0.15) is 48.8 Å². The van der Waals surface area contributed by atoms with Crippen LogP contribution >= 0.6 is 0 Å². The molecule has 0 unspecified atom stereocenters. The predicted molar refractivity (Wildman–Crippen MR) is 98.3 cm³/mol. The number of nitrogens with one attached hydrogen (secondary N) is 1. The van der Waals surface area contributed by atoms with Crippen molar-refractivity contribution in [2.75, 3.05) is 32.8 Å². The summed E-state index contributed by atoms with van der Waals surface area (Å²) in [5.74, 6) is 0.637. The van der Waals surface area contributed by atoms with Crippen LogP contribution in [-0.4, -0.2) is 53.0 Å². The van der Waals surface area contributed by atoms with Crippen LogP contribution in [0.5, 0.6) is 5.75 Å². The van der Waals surface area contributed by atoms with Crippen LogP contribution in [0.15, 0.2) is 18.3 Å². The third-order valence-corrected chi connectivity index (χ3v) is 4.69. The Labute approximate surface area is 149 Å². The summed E-state index contributed by atoms with van der Waals surface area (Å²) in [6.07, 6.45) is 6.64. The number of carbonyl (C=O) groups excluding carboxylic acids is 1.